The van der Waals surface area contributed by atoms with Crippen LogP contribution < -0.4 is 15.4 Å². The summed E-state index contributed by atoms with van der Waals surface area (Å²) in [6.07, 6.45) is 0.974. The average molecular weight is 447 g/mol. The van der Waals surface area contributed by atoms with Crippen LogP contribution in [0, 0.1) is 0 Å². The largest absolute Gasteiger partial charge is 0.339 e. The summed E-state index contributed by atoms with van der Waals surface area (Å²) in [6, 6.07) is 10.7. The molecule has 0 heterocycles. The fourth-order valence-electron chi connectivity index (χ4n) is 2.89. The highest BCUT2D eigenvalue weighted by Gasteiger charge is 2.17. The molecule has 166 valence electrons. The van der Waals surface area contributed by atoms with E-state index in [0.29, 0.717) is 30.0 Å². The lowest BCUT2D eigenvalue weighted by Crippen LogP contribution is -2.30. The molecule has 3 N–H and O–H groups in total. The fraction of sp³-hybridized carbons (Fsp3) is 0.286. The molecule has 0 spiro atoms. The maximum atomic E-state index is 12.8. The molecule has 9 nitrogen and oxygen atoms in total. The molecule has 10 heteroatoms. The highest BCUT2D eigenvalue weighted by Crippen LogP contribution is 2.23. The molecule has 0 fully saturated rings. The van der Waals surface area contributed by atoms with E-state index in [1.54, 1.807) is 29.2 Å². The van der Waals surface area contributed by atoms with Crippen LogP contribution in [0.2, 0.25) is 0 Å². The van der Waals surface area contributed by atoms with E-state index in [-0.39, 0.29) is 23.1 Å². The van der Waals surface area contributed by atoms with Crippen LogP contribution >= 0.6 is 0 Å². The number of hydrogen-bond acceptors (Lipinski definition) is 5. The third-order valence-corrected chi connectivity index (χ3v) is 4.91. The van der Waals surface area contributed by atoms with E-state index in [0.717, 1.165) is 6.26 Å². The molecule has 0 unspecified atom stereocenters. The first-order valence-electron chi connectivity index (χ1n) is 9.64. The normalized spacial score (nSPS) is 10.8. The average Bonchev–Trinajstić information content (AvgIpc) is 2.69. The Balaban J connectivity index is 2.29. The van der Waals surface area contributed by atoms with Gasteiger partial charge in [0, 0.05) is 37.0 Å². The maximum Gasteiger partial charge on any atom is 0.257 e. The lowest BCUT2D eigenvalue weighted by atomic mass is 10.1. The van der Waals surface area contributed by atoms with Crippen LogP contribution in [-0.2, 0) is 14.8 Å². The van der Waals surface area contributed by atoms with Gasteiger partial charge in [0.05, 0.1) is 17.5 Å². The van der Waals surface area contributed by atoms with Crippen LogP contribution in [0.5, 0.6) is 0 Å². The number of nitrogens with one attached hydrogen (secondary N) is 3. The van der Waals surface area contributed by atoms with Crippen molar-refractivity contribution in [2.24, 2.45) is 0 Å². The van der Waals surface area contributed by atoms with Crippen LogP contribution in [0.4, 0.5) is 17.1 Å². The molecule has 0 aliphatic heterocycles. The van der Waals surface area contributed by atoms with Crippen LogP contribution in [0.3, 0.4) is 0 Å². The van der Waals surface area contributed by atoms with Gasteiger partial charge in [-0.25, -0.2) is 8.42 Å². The van der Waals surface area contributed by atoms with Crippen molar-refractivity contribution >= 4 is 44.8 Å². The molecule has 0 saturated carbocycles. The lowest BCUT2D eigenvalue weighted by Gasteiger charge is -2.18. The summed E-state index contributed by atoms with van der Waals surface area (Å²) < 4.78 is 25.6. The van der Waals surface area contributed by atoms with Crippen molar-refractivity contribution in [1.82, 2.24) is 4.90 Å². The lowest BCUT2D eigenvalue weighted by molar-refractivity contribution is -0.114. The van der Waals surface area contributed by atoms with Crippen molar-refractivity contribution in [1.29, 1.82) is 0 Å². The summed E-state index contributed by atoms with van der Waals surface area (Å²) in [5.74, 6) is -1.02. The monoisotopic (exact) mass is 446 g/mol. The van der Waals surface area contributed by atoms with E-state index < -0.39 is 15.9 Å². The number of sulfonamides is 1. The molecule has 0 aliphatic rings. The molecule has 0 bridgehead atoms. The SMILES string of the molecule is CCN(CC)C(=O)c1ccc(NC(=O)c2cc(NC(C)=O)ccc2NS(C)(=O)=O)cc1. The number of carbonyl (C=O) groups excluding carboxylic acids is 3. The second kappa shape index (κ2) is 10.1. The summed E-state index contributed by atoms with van der Waals surface area (Å²) in [5.41, 5.74) is 1.37. The van der Waals surface area contributed by atoms with Gasteiger partial charge in [-0.3, -0.25) is 19.1 Å². The zero-order valence-electron chi connectivity index (χ0n) is 17.9. The standard InChI is InChI=1S/C21H26N4O5S/c1-5-25(6-2)21(28)15-7-9-16(10-8-15)23-20(27)18-13-17(22-14(3)26)11-12-19(18)24-31(4,29)30/h7-13,24H,5-6H2,1-4H3,(H,22,26)(H,23,27). The Labute approximate surface area is 181 Å². The third kappa shape index (κ3) is 6.82. The number of hydrogen-bond donors (Lipinski definition) is 3. The summed E-state index contributed by atoms with van der Waals surface area (Å²) in [6.45, 7) is 6.30. The molecule has 0 atom stereocenters. The van der Waals surface area contributed by atoms with Crippen molar-refractivity contribution in [3.8, 4) is 0 Å². The summed E-state index contributed by atoms with van der Waals surface area (Å²) >= 11 is 0. The van der Waals surface area contributed by atoms with Crippen LogP contribution in [-0.4, -0.2) is 50.4 Å². The van der Waals surface area contributed by atoms with Crippen molar-refractivity contribution in [3.05, 3.63) is 53.6 Å². The topological polar surface area (TPSA) is 125 Å². The molecule has 0 radical (unpaired) electrons. The molecular weight excluding hydrogens is 420 g/mol. The van der Waals surface area contributed by atoms with Gasteiger partial charge in [0.2, 0.25) is 15.9 Å². The number of amides is 3. The van der Waals surface area contributed by atoms with E-state index in [2.05, 4.69) is 15.4 Å². The minimum Gasteiger partial charge on any atom is -0.339 e. The van der Waals surface area contributed by atoms with Gasteiger partial charge in [0.25, 0.3) is 11.8 Å². The first-order valence-corrected chi connectivity index (χ1v) is 11.5. The third-order valence-electron chi connectivity index (χ3n) is 4.32. The first kappa shape index (κ1) is 23.9. The van der Waals surface area contributed by atoms with Crippen molar-refractivity contribution in [2.45, 2.75) is 20.8 Å². The van der Waals surface area contributed by atoms with Gasteiger partial charge in [-0.15, -0.1) is 0 Å². The van der Waals surface area contributed by atoms with Crippen LogP contribution in [0.25, 0.3) is 0 Å². The van der Waals surface area contributed by atoms with Crippen molar-refractivity contribution < 1.29 is 22.8 Å². The predicted octanol–water partition coefficient (Wildman–Crippen LogP) is 2.75. The number of benzene rings is 2. The number of carbonyl (C=O) groups is 3. The Hall–Kier alpha value is -3.40. The van der Waals surface area contributed by atoms with Gasteiger partial charge in [-0.1, -0.05) is 0 Å². The van der Waals surface area contributed by atoms with E-state index >= 15 is 0 Å². The summed E-state index contributed by atoms with van der Waals surface area (Å²) in [7, 11) is -3.63. The van der Waals surface area contributed by atoms with E-state index in [9.17, 15) is 22.8 Å². The van der Waals surface area contributed by atoms with E-state index in [1.165, 1.54) is 25.1 Å². The van der Waals surface area contributed by atoms with Gasteiger partial charge in [-0.2, -0.15) is 0 Å². The second-order valence-corrected chi connectivity index (χ2v) is 8.57. The predicted molar refractivity (Wildman–Crippen MR) is 121 cm³/mol. The first-order chi connectivity index (χ1) is 14.5. The zero-order chi connectivity index (χ0) is 23.2. The molecule has 0 aromatic heterocycles. The van der Waals surface area contributed by atoms with Gasteiger partial charge in [0.1, 0.15) is 0 Å². The highest BCUT2D eigenvalue weighted by atomic mass is 32.2. The molecule has 2 rings (SSSR count). The van der Waals surface area contributed by atoms with E-state index in [4.69, 9.17) is 0 Å². The Morgan fingerprint density at radius 1 is 0.903 bits per heavy atom. The number of rotatable bonds is 8. The smallest absolute Gasteiger partial charge is 0.257 e. The van der Waals surface area contributed by atoms with Gasteiger partial charge in [0.15, 0.2) is 0 Å². The molecule has 0 saturated heterocycles. The second-order valence-electron chi connectivity index (χ2n) is 6.82. The fourth-order valence-corrected chi connectivity index (χ4v) is 3.47. The molecule has 31 heavy (non-hydrogen) atoms. The minimum absolute atomic E-state index is 0.0277. The number of anilines is 3. The number of nitrogens with zero attached hydrogens (tertiary/aromatic N) is 1. The maximum absolute atomic E-state index is 12.8. The van der Waals surface area contributed by atoms with Crippen LogP contribution in [0.1, 0.15) is 41.5 Å². The van der Waals surface area contributed by atoms with Crippen LogP contribution in [0.15, 0.2) is 42.5 Å². The molecule has 0 aliphatic carbocycles. The van der Waals surface area contributed by atoms with Crippen molar-refractivity contribution in [2.75, 3.05) is 34.7 Å². The molecule has 2 aromatic carbocycles. The quantitative estimate of drug-likeness (QED) is 0.575. The van der Waals surface area contributed by atoms with Gasteiger partial charge >= 0.3 is 0 Å². The summed E-state index contributed by atoms with van der Waals surface area (Å²) in [4.78, 5) is 38.3. The Morgan fingerprint density at radius 3 is 2.00 bits per heavy atom. The summed E-state index contributed by atoms with van der Waals surface area (Å²) in [5, 5.41) is 5.23. The Kier molecular flexibility index (Phi) is 7.76. The highest BCUT2D eigenvalue weighted by molar-refractivity contribution is 7.92. The van der Waals surface area contributed by atoms with E-state index in [1.807, 2.05) is 13.8 Å². The zero-order valence-corrected chi connectivity index (χ0v) is 18.7. The molecule has 3 amide bonds. The van der Waals surface area contributed by atoms with Gasteiger partial charge < -0.3 is 15.5 Å². The Bertz CT molecular complexity index is 1080. The Morgan fingerprint density at radius 2 is 1.48 bits per heavy atom. The van der Waals surface area contributed by atoms with Gasteiger partial charge in [-0.05, 0) is 56.3 Å². The molecule has 2 aromatic rings. The van der Waals surface area contributed by atoms with Crippen molar-refractivity contribution in [3.63, 3.8) is 0 Å². The minimum atomic E-state index is -3.63. The molecular formula is C21H26N4O5S.